The summed E-state index contributed by atoms with van der Waals surface area (Å²) in [7, 11) is 2.01. The third-order valence-corrected chi connectivity index (χ3v) is 4.84. The summed E-state index contributed by atoms with van der Waals surface area (Å²) in [6, 6.07) is 6.15. The Kier molecular flexibility index (Phi) is 6.00. The summed E-state index contributed by atoms with van der Waals surface area (Å²) in [4.78, 5) is 0. The van der Waals surface area contributed by atoms with Crippen molar-refractivity contribution in [3.63, 3.8) is 0 Å². The maximum atomic E-state index is 6.30. The first-order valence-corrected chi connectivity index (χ1v) is 8.08. The molecule has 3 heteroatoms. The molecule has 0 heterocycles. The largest absolute Gasteiger partial charge is 0.313 e. The van der Waals surface area contributed by atoms with E-state index in [1.54, 1.807) is 0 Å². The Morgan fingerprint density at radius 1 is 1.21 bits per heavy atom. The van der Waals surface area contributed by atoms with Crippen molar-refractivity contribution in [1.82, 2.24) is 5.32 Å². The Labute approximate surface area is 126 Å². The number of halogens is 2. The lowest BCUT2D eigenvalue weighted by molar-refractivity contribution is 0.317. The third kappa shape index (κ3) is 4.37. The molecular formula is C16H23Cl2N. The summed E-state index contributed by atoms with van der Waals surface area (Å²) >= 11 is 12.3. The molecule has 1 aliphatic rings. The molecule has 1 unspecified atom stereocenters. The summed E-state index contributed by atoms with van der Waals surface area (Å²) in [5.74, 6) is 0.913. The van der Waals surface area contributed by atoms with E-state index in [9.17, 15) is 0 Å². The van der Waals surface area contributed by atoms with Gasteiger partial charge in [0.15, 0.2) is 0 Å². The second-order valence-electron chi connectivity index (χ2n) is 5.59. The first-order chi connectivity index (χ1) is 9.20. The predicted molar refractivity (Wildman–Crippen MR) is 84.1 cm³/mol. The maximum Gasteiger partial charge on any atom is 0.0468 e. The van der Waals surface area contributed by atoms with Crippen LogP contribution in [0.1, 0.15) is 56.6 Å². The molecule has 1 fully saturated rings. The SMILES string of the molecule is CNC(CCC1CCCCC1)c1ccc(Cl)cc1Cl. The van der Waals surface area contributed by atoms with Gasteiger partial charge in [-0.05, 0) is 43.5 Å². The molecule has 0 bridgehead atoms. The minimum Gasteiger partial charge on any atom is -0.313 e. The lowest BCUT2D eigenvalue weighted by Gasteiger charge is -2.24. The van der Waals surface area contributed by atoms with Gasteiger partial charge in [-0.1, -0.05) is 61.4 Å². The quantitative estimate of drug-likeness (QED) is 0.744. The normalized spacial score (nSPS) is 18.5. The van der Waals surface area contributed by atoms with Crippen LogP contribution in [0.5, 0.6) is 0 Å². The van der Waals surface area contributed by atoms with Crippen LogP contribution in [0.3, 0.4) is 0 Å². The molecule has 1 aliphatic carbocycles. The summed E-state index contributed by atoms with van der Waals surface area (Å²) < 4.78 is 0. The molecule has 0 radical (unpaired) electrons. The van der Waals surface area contributed by atoms with Crippen LogP contribution < -0.4 is 5.32 Å². The zero-order valence-corrected chi connectivity index (χ0v) is 13.1. The van der Waals surface area contributed by atoms with E-state index in [2.05, 4.69) is 5.32 Å². The summed E-state index contributed by atoms with van der Waals surface area (Å²) in [6.07, 6.45) is 9.52. The van der Waals surface area contributed by atoms with E-state index in [1.165, 1.54) is 44.1 Å². The number of rotatable bonds is 5. The van der Waals surface area contributed by atoms with Crippen molar-refractivity contribution in [2.45, 2.75) is 51.0 Å². The van der Waals surface area contributed by atoms with Crippen LogP contribution >= 0.6 is 23.2 Å². The molecule has 2 rings (SSSR count). The highest BCUT2D eigenvalue weighted by Gasteiger charge is 2.18. The molecule has 0 saturated heterocycles. The van der Waals surface area contributed by atoms with Gasteiger partial charge in [-0.2, -0.15) is 0 Å². The Bertz CT molecular complexity index is 400. The second-order valence-corrected chi connectivity index (χ2v) is 6.43. The number of nitrogens with one attached hydrogen (secondary N) is 1. The molecule has 19 heavy (non-hydrogen) atoms. The zero-order chi connectivity index (χ0) is 13.7. The minimum atomic E-state index is 0.340. The van der Waals surface area contributed by atoms with Gasteiger partial charge >= 0.3 is 0 Å². The molecule has 1 nitrogen and oxygen atoms in total. The molecule has 1 aromatic rings. The van der Waals surface area contributed by atoms with E-state index in [-0.39, 0.29) is 0 Å². The van der Waals surface area contributed by atoms with Crippen molar-refractivity contribution in [3.8, 4) is 0 Å². The average Bonchev–Trinajstić information content (AvgIpc) is 2.42. The standard InChI is InChI=1S/C16H23Cl2N/c1-19-16(10-7-12-5-3-2-4-6-12)14-9-8-13(17)11-15(14)18/h8-9,11-12,16,19H,2-7,10H2,1H3. The number of hydrogen-bond acceptors (Lipinski definition) is 1. The van der Waals surface area contributed by atoms with Gasteiger partial charge in [0.05, 0.1) is 0 Å². The molecule has 106 valence electrons. The van der Waals surface area contributed by atoms with Gasteiger partial charge in [0.2, 0.25) is 0 Å². The molecule has 0 amide bonds. The monoisotopic (exact) mass is 299 g/mol. The summed E-state index contributed by atoms with van der Waals surface area (Å²) in [6.45, 7) is 0. The van der Waals surface area contributed by atoms with Crippen molar-refractivity contribution in [2.75, 3.05) is 7.05 Å². The van der Waals surface area contributed by atoms with Crippen LogP contribution in [0.25, 0.3) is 0 Å². The van der Waals surface area contributed by atoms with Gasteiger partial charge in [0.25, 0.3) is 0 Å². The Hall–Kier alpha value is -0.240. The smallest absolute Gasteiger partial charge is 0.0468 e. The fourth-order valence-corrected chi connectivity index (χ4v) is 3.66. The number of hydrogen-bond donors (Lipinski definition) is 1. The first-order valence-electron chi connectivity index (χ1n) is 7.33. The molecule has 1 N–H and O–H groups in total. The maximum absolute atomic E-state index is 6.30. The van der Waals surface area contributed by atoms with E-state index in [0.29, 0.717) is 11.1 Å². The molecule has 0 aromatic heterocycles. The van der Waals surface area contributed by atoms with Gasteiger partial charge in [0.1, 0.15) is 0 Å². The number of benzene rings is 1. The second kappa shape index (κ2) is 7.52. The van der Waals surface area contributed by atoms with Crippen LogP contribution in [0.2, 0.25) is 10.0 Å². The molecule has 1 atom stereocenters. The zero-order valence-electron chi connectivity index (χ0n) is 11.6. The highest BCUT2D eigenvalue weighted by atomic mass is 35.5. The van der Waals surface area contributed by atoms with E-state index < -0.39 is 0 Å². The van der Waals surface area contributed by atoms with Crippen LogP contribution in [0.15, 0.2) is 18.2 Å². The first kappa shape index (κ1) is 15.2. The van der Waals surface area contributed by atoms with E-state index in [0.717, 1.165) is 17.4 Å². The topological polar surface area (TPSA) is 12.0 Å². The highest BCUT2D eigenvalue weighted by molar-refractivity contribution is 6.35. The van der Waals surface area contributed by atoms with Crippen molar-refractivity contribution in [2.24, 2.45) is 5.92 Å². The van der Waals surface area contributed by atoms with Crippen molar-refractivity contribution in [3.05, 3.63) is 33.8 Å². The van der Waals surface area contributed by atoms with Crippen molar-refractivity contribution < 1.29 is 0 Å². The Morgan fingerprint density at radius 3 is 2.58 bits per heavy atom. The average molecular weight is 300 g/mol. The van der Waals surface area contributed by atoms with Gasteiger partial charge in [-0.15, -0.1) is 0 Å². The Balaban J connectivity index is 1.95. The molecule has 1 saturated carbocycles. The van der Waals surface area contributed by atoms with Crippen molar-refractivity contribution >= 4 is 23.2 Å². The fourth-order valence-electron chi connectivity index (χ4n) is 3.12. The van der Waals surface area contributed by atoms with Gasteiger partial charge < -0.3 is 5.32 Å². The summed E-state index contributed by atoms with van der Waals surface area (Å²) in [5.41, 5.74) is 1.17. The predicted octanol–water partition coefficient (Wildman–Crippen LogP) is 5.61. The summed E-state index contributed by atoms with van der Waals surface area (Å²) in [5, 5.41) is 4.87. The van der Waals surface area contributed by atoms with Gasteiger partial charge in [-0.3, -0.25) is 0 Å². The lowest BCUT2D eigenvalue weighted by Crippen LogP contribution is -2.18. The molecule has 0 aliphatic heterocycles. The van der Waals surface area contributed by atoms with Crippen LogP contribution in [0.4, 0.5) is 0 Å². The van der Waals surface area contributed by atoms with Crippen LogP contribution in [-0.4, -0.2) is 7.05 Å². The van der Waals surface area contributed by atoms with Crippen LogP contribution in [0, 0.1) is 5.92 Å². The lowest BCUT2D eigenvalue weighted by atomic mass is 9.84. The van der Waals surface area contributed by atoms with E-state index in [1.807, 2.05) is 25.2 Å². The van der Waals surface area contributed by atoms with Crippen molar-refractivity contribution in [1.29, 1.82) is 0 Å². The highest BCUT2D eigenvalue weighted by Crippen LogP contribution is 2.33. The molecule has 0 spiro atoms. The Morgan fingerprint density at radius 2 is 1.95 bits per heavy atom. The molecule has 1 aromatic carbocycles. The van der Waals surface area contributed by atoms with E-state index >= 15 is 0 Å². The fraction of sp³-hybridized carbons (Fsp3) is 0.625. The van der Waals surface area contributed by atoms with Crippen LogP contribution in [-0.2, 0) is 0 Å². The van der Waals surface area contributed by atoms with E-state index in [4.69, 9.17) is 23.2 Å². The molecular weight excluding hydrogens is 277 g/mol. The van der Waals surface area contributed by atoms with Gasteiger partial charge in [-0.25, -0.2) is 0 Å². The third-order valence-electron chi connectivity index (χ3n) is 4.27. The minimum absolute atomic E-state index is 0.340. The van der Waals surface area contributed by atoms with Gasteiger partial charge in [0, 0.05) is 16.1 Å².